The van der Waals surface area contributed by atoms with Gasteiger partial charge in [-0.05, 0) is 39.3 Å². The molecule has 6 nitrogen and oxygen atoms in total. The van der Waals surface area contributed by atoms with E-state index in [1.54, 1.807) is 23.6 Å². The number of hydrogen-bond acceptors (Lipinski definition) is 5. The normalized spacial score (nSPS) is 12.7. The van der Waals surface area contributed by atoms with Crippen LogP contribution < -0.4 is 11.3 Å². The van der Waals surface area contributed by atoms with Crippen LogP contribution in [0.25, 0.3) is 10.9 Å². The molecule has 1 amide bonds. The van der Waals surface area contributed by atoms with Crippen LogP contribution in [0.15, 0.2) is 34.2 Å². The summed E-state index contributed by atoms with van der Waals surface area (Å²) in [6.07, 6.45) is 0.844. The van der Waals surface area contributed by atoms with Crippen molar-refractivity contribution < 1.29 is 9.53 Å². The van der Waals surface area contributed by atoms with Gasteiger partial charge in [0.25, 0.3) is 5.56 Å². The van der Waals surface area contributed by atoms with Crippen LogP contribution in [-0.2, 0) is 16.1 Å². The van der Waals surface area contributed by atoms with Crippen LogP contribution in [0.2, 0.25) is 0 Å². The molecule has 0 spiro atoms. The van der Waals surface area contributed by atoms with Crippen LogP contribution >= 0.6 is 11.8 Å². The van der Waals surface area contributed by atoms with Crippen LogP contribution in [0.1, 0.15) is 27.2 Å². The van der Waals surface area contributed by atoms with Crippen LogP contribution in [-0.4, -0.2) is 33.4 Å². The molecule has 0 bridgehead atoms. The molecule has 0 aliphatic heterocycles. The van der Waals surface area contributed by atoms with Gasteiger partial charge in [0.05, 0.1) is 22.3 Å². The number of ether oxygens (including phenoxy) is 1. The minimum atomic E-state index is -0.462. The molecule has 24 heavy (non-hydrogen) atoms. The Morgan fingerprint density at radius 2 is 2.04 bits per heavy atom. The fraction of sp³-hybridized carbons (Fsp3) is 0.471. The van der Waals surface area contributed by atoms with Crippen molar-refractivity contribution in [3.8, 4) is 0 Å². The highest BCUT2D eigenvalue weighted by Gasteiger charge is 2.17. The number of primary amides is 1. The van der Waals surface area contributed by atoms with E-state index < -0.39 is 11.2 Å². The number of carbonyl (C=O) groups excluding carboxylic acids is 1. The second-order valence-electron chi connectivity index (χ2n) is 5.80. The minimum absolute atomic E-state index is 0.107. The molecular weight excluding hydrogens is 326 g/mol. The van der Waals surface area contributed by atoms with Crippen molar-refractivity contribution in [2.24, 2.45) is 5.73 Å². The van der Waals surface area contributed by atoms with E-state index in [1.165, 1.54) is 11.8 Å². The first-order valence-electron chi connectivity index (χ1n) is 7.97. The predicted octanol–water partition coefficient (Wildman–Crippen LogP) is 2.18. The number of amides is 1. The van der Waals surface area contributed by atoms with Crippen molar-refractivity contribution in [1.29, 1.82) is 0 Å². The second kappa shape index (κ2) is 8.30. The topological polar surface area (TPSA) is 87.2 Å². The molecule has 1 heterocycles. The fourth-order valence-corrected chi connectivity index (χ4v) is 3.08. The number of hydrogen-bond donors (Lipinski definition) is 1. The maximum Gasteiger partial charge on any atom is 0.262 e. The minimum Gasteiger partial charge on any atom is -0.379 e. The number of carbonyl (C=O) groups is 1. The van der Waals surface area contributed by atoms with E-state index in [0.717, 1.165) is 0 Å². The summed E-state index contributed by atoms with van der Waals surface area (Å²) in [6.45, 7) is 6.70. The van der Waals surface area contributed by atoms with E-state index in [0.29, 0.717) is 35.6 Å². The highest BCUT2D eigenvalue weighted by Crippen LogP contribution is 2.22. The summed E-state index contributed by atoms with van der Waals surface area (Å²) in [5, 5.41) is 0.615. The standard InChI is InChI=1S/C17H23N3O3S/c1-11(2)23-10-6-9-20-16(22)13-7-4-5-8-14(13)19-17(20)24-12(3)15(18)21/h4-5,7-8,11-12H,6,9-10H2,1-3H3,(H2,18,21)/t12-/m0/s1. The molecule has 2 rings (SSSR count). The van der Waals surface area contributed by atoms with Gasteiger partial charge in [-0.1, -0.05) is 23.9 Å². The zero-order valence-corrected chi connectivity index (χ0v) is 15.0. The molecule has 1 aromatic heterocycles. The molecule has 2 N–H and O–H groups in total. The number of benzene rings is 1. The summed E-state index contributed by atoms with van der Waals surface area (Å²) in [5.74, 6) is -0.433. The smallest absolute Gasteiger partial charge is 0.262 e. The lowest BCUT2D eigenvalue weighted by Gasteiger charge is -2.15. The number of aromatic nitrogens is 2. The lowest BCUT2D eigenvalue weighted by Crippen LogP contribution is -2.27. The SMILES string of the molecule is CC(C)OCCCn1c(S[C@@H](C)C(N)=O)nc2ccccc2c1=O. The maximum absolute atomic E-state index is 12.8. The summed E-state index contributed by atoms with van der Waals surface area (Å²) in [7, 11) is 0. The van der Waals surface area contributed by atoms with Crippen LogP contribution in [0.3, 0.4) is 0 Å². The van der Waals surface area contributed by atoms with Gasteiger partial charge < -0.3 is 10.5 Å². The van der Waals surface area contributed by atoms with E-state index >= 15 is 0 Å². The van der Waals surface area contributed by atoms with Gasteiger partial charge >= 0.3 is 0 Å². The molecule has 0 saturated carbocycles. The van der Waals surface area contributed by atoms with Gasteiger partial charge in [-0.25, -0.2) is 4.98 Å². The number of thioether (sulfide) groups is 1. The molecular formula is C17H23N3O3S. The molecule has 130 valence electrons. The number of para-hydroxylation sites is 1. The third-order valence-electron chi connectivity index (χ3n) is 3.49. The molecule has 0 aliphatic rings. The van der Waals surface area contributed by atoms with Gasteiger partial charge in [0.2, 0.25) is 5.91 Å². The Morgan fingerprint density at radius 1 is 1.33 bits per heavy atom. The van der Waals surface area contributed by atoms with E-state index in [9.17, 15) is 9.59 Å². The predicted molar refractivity (Wildman–Crippen MR) is 96.2 cm³/mol. The van der Waals surface area contributed by atoms with Crippen molar-refractivity contribution in [1.82, 2.24) is 9.55 Å². The monoisotopic (exact) mass is 349 g/mol. The lowest BCUT2D eigenvalue weighted by molar-refractivity contribution is -0.117. The molecule has 7 heteroatoms. The number of nitrogens with two attached hydrogens (primary N) is 1. The Balaban J connectivity index is 2.34. The van der Waals surface area contributed by atoms with Crippen LogP contribution in [0.4, 0.5) is 0 Å². The molecule has 1 atom stereocenters. The van der Waals surface area contributed by atoms with Gasteiger partial charge in [0, 0.05) is 13.2 Å². The van der Waals surface area contributed by atoms with Gasteiger partial charge in [-0.15, -0.1) is 0 Å². The Bertz CT molecular complexity index is 773. The molecule has 0 fully saturated rings. The molecule has 0 saturated heterocycles. The van der Waals surface area contributed by atoms with Gasteiger partial charge in [0.15, 0.2) is 5.16 Å². The van der Waals surface area contributed by atoms with Crippen molar-refractivity contribution >= 4 is 28.6 Å². The zero-order valence-electron chi connectivity index (χ0n) is 14.2. The Morgan fingerprint density at radius 3 is 2.71 bits per heavy atom. The van der Waals surface area contributed by atoms with Gasteiger partial charge in [-0.3, -0.25) is 14.2 Å². The average molecular weight is 349 g/mol. The van der Waals surface area contributed by atoms with Crippen LogP contribution in [0, 0.1) is 0 Å². The van der Waals surface area contributed by atoms with E-state index in [1.807, 2.05) is 26.0 Å². The average Bonchev–Trinajstić information content (AvgIpc) is 2.53. The molecule has 0 aliphatic carbocycles. The summed E-state index contributed by atoms with van der Waals surface area (Å²) in [4.78, 5) is 28.7. The zero-order chi connectivity index (χ0) is 17.7. The number of fused-ring (bicyclic) bond motifs is 1. The second-order valence-corrected chi connectivity index (χ2v) is 7.11. The first-order valence-corrected chi connectivity index (χ1v) is 8.85. The van der Waals surface area contributed by atoms with Crippen molar-refractivity contribution in [2.75, 3.05) is 6.61 Å². The van der Waals surface area contributed by atoms with Gasteiger partial charge in [-0.2, -0.15) is 0 Å². The highest BCUT2D eigenvalue weighted by atomic mass is 32.2. The maximum atomic E-state index is 12.8. The van der Waals surface area contributed by atoms with Crippen molar-refractivity contribution in [3.05, 3.63) is 34.6 Å². The van der Waals surface area contributed by atoms with E-state index in [2.05, 4.69) is 4.98 Å². The highest BCUT2D eigenvalue weighted by molar-refractivity contribution is 8.00. The third-order valence-corrected chi connectivity index (χ3v) is 4.60. The lowest BCUT2D eigenvalue weighted by atomic mass is 10.2. The molecule has 0 radical (unpaired) electrons. The Hall–Kier alpha value is -1.86. The van der Waals surface area contributed by atoms with E-state index in [4.69, 9.17) is 10.5 Å². The fourth-order valence-electron chi connectivity index (χ4n) is 2.19. The molecule has 0 unspecified atom stereocenters. The number of nitrogens with zero attached hydrogens (tertiary/aromatic N) is 2. The van der Waals surface area contributed by atoms with Gasteiger partial charge in [0.1, 0.15) is 0 Å². The van der Waals surface area contributed by atoms with Crippen LogP contribution in [0.5, 0.6) is 0 Å². The summed E-state index contributed by atoms with van der Waals surface area (Å²) < 4.78 is 7.14. The quantitative estimate of drug-likeness (QED) is 0.448. The third kappa shape index (κ3) is 4.58. The Kier molecular flexibility index (Phi) is 6.39. The van der Waals surface area contributed by atoms with E-state index in [-0.39, 0.29) is 11.7 Å². The summed E-state index contributed by atoms with van der Waals surface area (Å²) in [5.41, 5.74) is 5.86. The largest absolute Gasteiger partial charge is 0.379 e. The Labute approximate surface area is 145 Å². The first-order chi connectivity index (χ1) is 11.4. The summed E-state index contributed by atoms with van der Waals surface area (Å²) in [6, 6.07) is 7.21. The molecule has 1 aromatic carbocycles. The number of rotatable bonds is 8. The van der Waals surface area contributed by atoms with Crippen molar-refractivity contribution in [2.45, 2.75) is 50.2 Å². The molecule has 2 aromatic rings. The first kappa shape index (κ1) is 18.5. The summed E-state index contributed by atoms with van der Waals surface area (Å²) >= 11 is 1.21. The van der Waals surface area contributed by atoms with Crippen molar-refractivity contribution in [3.63, 3.8) is 0 Å².